The summed E-state index contributed by atoms with van der Waals surface area (Å²) in [5.41, 5.74) is 2.91. The Morgan fingerprint density at radius 2 is 2.09 bits per heavy atom. The van der Waals surface area contributed by atoms with Crippen molar-refractivity contribution in [1.82, 2.24) is 0 Å². The van der Waals surface area contributed by atoms with Crippen LogP contribution in [0.2, 0.25) is 0 Å². The summed E-state index contributed by atoms with van der Waals surface area (Å²) in [5, 5.41) is 0. The van der Waals surface area contributed by atoms with Crippen molar-refractivity contribution in [1.29, 1.82) is 0 Å². The first-order valence-corrected chi connectivity index (χ1v) is 4.67. The number of aliphatic imine (C=N–C) groups is 1. The summed E-state index contributed by atoms with van der Waals surface area (Å²) in [7, 11) is 0. The fourth-order valence-corrected chi connectivity index (χ4v) is 1.03. The molecule has 0 atom stereocenters. The van der Waals surface area contributed by atoms with Crippen LogP contribution in [0.15, 0.2) is 35.3 Å². The molecule has 0 unspecified atom stereocenters. The van der Waals surface area contributed by atoms with Gasteiger partial charge in [-0.15, -0.1) is 11.8 Å². The van der Waals surface area contributed by atoms with E-state index < -0.39 is 0 Å². The molecule has 0 amide bonds. The highest BCUT2D eigenvalue weighted by Crippen LogP contribution is 2.09. The Balaban J connectivity index is 2.50. The molecule has 0 spiro atoms. The lowest BCUT2D eigenvalue weighted by molar-refractivity contribution is 1.53. The van der Waals surface area contributed by atoms with Gasteiger partial charge in [0.1, 0.15) is 0 Å². The normalized spacial score (nSPS) is 10.6. The molecule has 2 heteroatoms. The largest absolute Gasteiger partial charge is 0.250 e. The van der Waals surface area contributed by atoms with E-state index in [1.165, 1.54) is 0 Å². The quantitative estimate of drug-likeness (QED) is 0.495. The molecule has 0 aliphatic rings. The summed E-state index contributed by atoms with van der Waals surface area (Å²) >= 11 is 1.71. The molecule has 0 fully saturated rings. The molecular weight excluding hydrogens is 154 g/mol. The van der Waals surface area contributed by atoms with Crippen LogP contribution in [0.1, 0.15) is 6.92 Å². The second kappa shape index (κ2) is 4.97. The van der Waals surface area contributed by atoms with Crippen LogP contribution in [0.3, 0.4) is 0 Å². The van der Waals surface area contributed by atoms with Gasteiger partial charge in [0.2, 0.25) is 0 Å². The molecule has 1 rings (SSSR count). The second-order valence-corrected chi connectivity index (χ2v) is 3.15. The van der Waals surface area contributed by atoms with E-state index in [2.05, 4.69) is 11.9 Å². The van der Waals surface area contributed by atoms with Gasteiger partial charge in [0.15, 0.2) is 0 Å². The molecule has 0 aliphatic carbocycles. The van der Waals surface area contributed by atoms with Gasteiger partial charge in [0.05, 0.1) is 11.2 Å². The minimum Gasteiger partial charge on any atom is -0.250 e. The third-order valence-electron chi connectivity index (χ3n) is 1.20. The van der Waals surface area contributed by atoms with E-state index >= 15 is 0 Å². The zero-order valence-corrected chi connectivity index (χ0v) is 7.34. The van der Waals surface area contributed by atoms with Crippen LogP contribution in [-0.4, -0.2) is 11.3 Å². The predicted molar refractivity (Wildman–Crippen MR) is 52.7 cm³/mol. The summed E-state index contributed by atoms with van der Waals surface area (Å²) in [6.45, 7) is 2.11. The van der Waals surface area contributed by atoms with E-state index in [1.807, 2.05) is 35.9 Å². The lowest BCUT2D eigenvalue weighted by Gasteiger charge is -1.89. The van der Waals surface area contributed by atoms with E-state index in [1.54, 1.807) is 11.8 Å². The van der Waals surface area contributed by atoms with Gasteiger partial charge in [-0.3, -0.25) is 4.99 Å². The average molecular weight is 165 g/mol. The van der Waals surface area contributed by atoms with E-state index in [0.717, 1.165) is 11.4 Å². The predicted octanol–water partition coefficient (Wildman–Crippen LogP) is 3.10. The first kappa shape index (κ1) is 8.34. The van der Waals surface area contributed by atoms with Crippen molar-refractivity contribution in [2.45, 2.75) is 6.92 Å². The molecule has 0 aromatic heterocycles. The Morgan fingerprint density at radius 1 is 1.36 bits per heavy atom. The first-order valence-electron chi connectivity index (χ1n) is 3.62. The third-order valence-corrected chi connectivity index (χ3v) is 1.79. The molecule has 1 aromatic carbocycles. The van der Waals surface area contributed by atoms with Gasteiger partial charge in [-0.25, -0.2) is 0 Å². The molecule has 1 aromatic rings. The van der Waals surface area contributed by atoms with E-state index in [4.69, 9.17) is 0 Å². The highest BCUT2D eigenvalue weighted by molar-refractivity contribution is 8.12. The smallest absolute Gasteiger partial charge is 0.0635 e. The number of nitrogens with zero attached hydrogens (tertiary/aromatic N) is 1. The van der Waals surface area contributed by atoms with Gasteiger partial charge < -0.3 is 0 Å². The zero-order chi connectivity index (χ0) is 7.94. The number of thioether (sulfide) groups is 1. The fourth-order valence-electron chi connectivity index (χ4n) is 0.687. The summed E-state index contributed by atoms with van der Waals surface area (Å²) in [4.78, 5) is 4.23. The van der Waals surface area contributed by atoms with Crippen molar-refractivity contribution >= 4 is 23.0 Å². The third kappa shape index (κ3) is 3.23. The number of hydrogen-bond donors (Lipinski definition) is 0. The van der Waals surface area contributed by atoms with Crippen molar-refractivity contribution in [3.8, 4) is 0 Å². The zero-order valence-electron chi connectivity index (χ0n) is 6.53. The maximum atomic E-state index is 4.23. The minimum absolute atomic E-state index is 1.02. The SMILES string of the molecule is CCSC=Nc1ccccc1. The van der Waals surface area contributed by atoms with Crippen molar-refractivity contribution < 1.29 is 0 Å². The molecule has 0 N–H and O–H groups in total. The highest BCUT2D eigenvalue weighted by Gasteiger charge is 1.81. The summed E-state index contributed by atoms with van der Waals surface area (Å²) in [6, 6.07) is 9.96. The van der Waals surface area contributed by atoms with Crippen LogP contribution < -0.4 is 0 Å². The van der Waals surface area contributed by atoms with Crippen LogP contribution >= 0.6 is 11.8 Å². The summed E-state index contributed by atoms with van der Waals surface area (Å²) in [6.07, 6.45) is 0. The molecule has 58 valence electrons. The van der Waals surface area contributed by atoms with Gasteiger partial charge in [-0.1, -0.05) is 25.1 Å². The van der Waals surface area contributed by atoms with Gasteiger partial charge in [0, 0.05) is 0 Å². The molecule has 11 heavy (non-hydrogen) atoms. The molecule has 0 saturated carbocycles. The number of rotatable bonds is 3. The van der Waals surface area contributed by atoms with Crippen molar-refractivity contribution in [3.63, 3.8) is 0 Å². The Kier molecular flexibility index (Phi) is 3.76. The number of hydrogen-bond acceptors (Lipinski definition) is 2. The van der Waals surface area contributed by atoms with Crippen molar-refractivity contribution in [2.24, 2.45) is 4.99 Å². The molecule has 0 aliphatic heterocycles. The Hall–Kier alpha value is -0.760. The lowest BCUT2D eigenvalue weighted by Crippen LogP contribution is -1.67. The minimum atomic E-state index is 1.02. The average Bonchev–Trinajstić information content (AvgIpc) is 2.07. The van der Waals surface area contributed by atoms with Crippen molar-refractivity contribution in [2.75, 3.05) is 5.75 Å². The maximum Gasteiger partial charge on any atom is 0.0635 e. The standard InChI is InChI=1S/C9H11NS/c1-2-11-8-10-9-6-4-3-5-7-9/h3-8H,2H2,1H3. The van der Waals surface area contributed by atoms with Gasteiger partial charge >= 0.3 is 0 Å². The number of benzene rings is 1. The van der Waals surface area contributed by atoms with Crippen LogP contribution in [-0.2, 0) is 0 Å². The fraction of sp³-hybridized carbons (Fsp3) is 0.222. The molecule has 0 heterocycles. The first-order chi connectivity index (χ1) is 5.43. The Morgan fingerprint density at radius 3 is 2.73 bits per heavy atom. The van der Waals surface area contributed by atoms with Gasteiger partial charge in [-0.2, -0.15) is 0 Å². The topological polar surface area (TPSA) is 12.4 Å². The maximum absolute atomic E-state index is 4.23. The lowest BCUT2D eigenvalue weighted by atomic mass is 10.3. The monoisotopic (exact) mass is 165 g/mol. The summed E-state index contributed by atoms with van der Waals surface area (Å²) < 4.78 is 0. The van der Waals surface area contributed by atoms with E-state index in [9.17, 15) is 0 Å². The second-order valence-electron chi connectivity index (χ2n) is 2.03. The molecular formula is C9H11NS. The highest BCUT2D eigenvalue weighted by atomic mass is 32.2. The van der Waals surface area contributed by atoms with Gasteiger partial charge in [0.25, 0.3) is 0 Å². The molecule has 0 saturated heterocycles. The Labute approximate surface area is 71.5 Å². The molecule has 1 nitrogen and oxygen atoms in total. The Bertz CT molecular complexity index is 218. The number of para-hydroxylation sites is 1. The molecule has 0 radical (unpaired) electrons. The van der Waals surface area contributed by atoms with Gasteiger partial charge in [-0.05, 0) is 17.9 Å². The van der Waals surface area contributed by atoms with Crippen LogP contribution in [0.25, 0.3) is 0 Å². The van der Waals surface area contributed by atoms with Crippen LogP contribution in [0, 0.1) is 0 Å². The summed E-state index contributed by atoms with van der Waals surface area (Å²) in [5.74, 6) is 1.08. The molecule has 0 bridgehead atoms. The van der Waals surface area contributed by atoms with E-state index in [-0.39, 0.29) is 0 Å². The van der Waals surface area contributed by atoms with Crippen LogP contribution in [0.4, 0.5) is 5.69 Å². The van der Waals surface area contributed by atoms with E-state index in [0.29, 0.717) is 0 Å². The van der Waals surface area contributed by atoms with Crippen molar-refractivity contribution in [3.05, 3.63) is 30.3 Å². The van der Waals surface area contributed by atoms with Crippen LogP contribution in [0.5, 0.6) is 0 Å².